The third kappa shape index (κ3) is 5.73. The molecule has 1 spiro atoms. The first-order valence-electron chi connectivity index (χ1n) is 24.1. The van der Waals surface area contributed by atoms with Gasteiger partial charge in [0.15, 0.2) is 0 Å². The summed E-state index contributed by atoms with van der Waals surface area (Å²) in [5.41, 5.74) is 21.1. The molecule has 0 radical (unpaired) electrons. The molecule has 4 fully saturated rings. The van der Waals surface area contributed by atoms with Crippen molar-refractivity contribution in [3.63, 3.8) is 0 Å². The molecule has 9 aromatic carbocycles. The van der Waals surface area contributed by atoms with Crippen LogP contribution < -0.4 is 4.90 Å². The average Bonchev–Trinajstić information content (AvgIpc) is 3.89. The summed E-state index contributed by atoms with van der Waals surface area (Å²) >= 11 is 0. The fourth-order valence-electron chi connectivity index (χ4n) is 13.8. The number of hydrogen-bond donors (Lipinski definition) is 0. The van der Waals surface area contributed by atoms with Crippen molar-refractivity contribution >= 4 is 39.0 Å². The van der Waals surface area contributed by atoms with E-state index in [-0.39, 0.29) is 5.41 Å². The Morgan fingerprint density at radius 1 is 0.348 bits per heavy atom. The highest BCUT2D eigenvalue weighted by Gasteiger charge is 2.62. The topological polar surface area (TPSA) is 16.4 Å². The summed E-state index contributed by atoms with van der Waals surface area (Å²) in [5.74, 6) is 3.23. The first kappa shape index (κ1) is 37.9. The molecule has 5 aliphatic carbocycles. The maximum Gasteiger partial charge on any atom is 0.136 e. The Hall–Kier alpha value is -7.42. The lowest BCUT2D eigenvalue weighted by Crippen LogP contribution is -2.55. The van der Waals surface area contributed by atoms with Gasteiger partial charge in [-0.25, -0.2) is 0 Å². The predicted molar refractivity (Wildman–Crippen MR) is 273 cm³/mol. The highest BCUT2D eigenvalue weighted by Crippen LogP contribution is 2.70. The molecule has 0 N–H and O–H groups in total. The number of hydrogen-bond acceptors (Lipinski definition) is 2. The zero-order valence-electron chi connectivity index (χ0n) is 36.9. The van der Waals surface area contributed by atoms with Crippen LogP contribution >= 0.6 is 0 Å². The fraction of sp³-hybridized carbons (Fsp3) is 0.156. The van der Waals surface area contributed by atoms with Gasteiger partial charge < -0.3 is 9.32 Å². The molecule has 2 heteroatoms. The van der Waals surface area contributed by atoms with E-state index in [0.717, 1.165) is 50.8 Å². The number of rotatable bonds is 7. The SMILES string of the molecule is c1ccc(-c2ccc(N(c3ccc(-c4ccccc4)c(-c4ccccc4)c3)c3ccc4oc5cc(-c6cccc7c6C6(c8ccccc8-7)C7CC8CC(C7)CC6C8)ccc5c4c3)cc2)cc1. The van der Waals surface area contributed by atoms with E-state index >= 15 is 0 Å². The molecule has 0 aliphatic heterocycles. The van der Waals surface area contributed by atoms with Crippen LogP contribution in [0, 0.1) is 23.7 Å². The largest absolute Gasteiger partial charge is 0.456 e. The zero-order chi connectivity index (χ0) is 43.3. The lowest BCUT2D eigenvalue weighted by Gasteiger charge is -2.61. The minimum atomic E-state index is 0.0934. The van der Waals surface area contributed by atoms with Crippen LogP contribution in [0.5, 0.6) is 0 Å². The maximum atomic E-state index is 6.86. The van der Waals surface area contributed by atoms with Crippen molar-refractivity contribution in [2.75, 3.05) is 4.90 Å². The minimum absolute atomic E-state index is 0.0934. The predicted octanol–water partition coefficient (Wildman–Crippen LogP) is 17.4. The summed E-state index contributed by atoms with van der Waals surface area (Å²) in [6.07, 6.45) is 6.95. The van der Waals surface area contributed by atoms with Gasteiger partial charge in [-0.2, -0.15) is 0 Å². The fourth-order valence-corrected chi connectivity index (χ4v) is 13.8. The van der Waals surface area contributed by atoms with E-state index in [1.807, 2.05) is 0 Å². The summed E-state index contributed by atoms with van der Waals surface area (Å²) in [4.78, 5) is 2.40. The van der Waals surface area contributed by atoms with E-state index in [9.17, 15) is 0 Å². The standard InChI is InChI=1S/C64H49NO/c1-4-13-43(14-5-1)44-23-26-50(27-24-44)65(51-28-31-53(45-15-6-2-7-16-45)58(39-51)46-17-8-3-9-18-46)52-29-32-61-59(40-52)56-30-25-47(38-62(56)66-61)54-20-12-21-57-55-19-10-11-22-60(55)64(63(54)57)48-34-41-33-42(36-48)37-49(64)35-41/h1-32,38-42,48-49H,33-37H2. The zero-order valence-corrected chi connectivity index (χ0v) is 36.9. The van der Waals surface area contributed by atoms with Crippen LogP contribution in [0.4, 0.5) is 17.1 Å². The van der Waals surface area contributed by atoms with Crippen molar-refractivity contribution in [2.24, 2.45) is 23.7 Å². The Morgan fingerprint density at radius 2 is 0.909 bits per heavy atom. The van der Waals surface area contributed by atoms with Gasteiger partial charge in [0, 0.05) is 33.2 Å². The summed E-state index contributed by atoms with van der Waals surface area (Å²) in [5, 5.41) is 2.26. The van der Waals surface area contributed by atoms with Crippen molar-refractivity contribution in [2.45, 2.75) is 37.5 Å². The molecular weight excluding hydrogens is 799 g/mol. The number of furan rings is 1. The Labute approximate surface area is 386 Å². The van der Waals surface area contributed by atoms with E-state index in [1.165, 1.54) is 87.7 Å². The van der Waals surface area contributed by atoms with Gasteiger partial charge in [0.2, 0.25) is 0 Å². The molecule has 0 saturated heterocycles. The molecular formula is C64H49NO. The van der Waals surface area contributed by atoms with Crippen molar-refractivity contribution in [3.05, 3.63) is 223 Å². The second kappa shape index (κ2) is 14.8. The Bertz CT molecular complexity index is 3450. The van der Waals surface area contributed by atoms with Gasteiger partial charge in [-0.3, -0.25) is 0 Å². The van der Waals surface area contributed by atoms with Crippen LogP contribution in [0.2, 0.25) is 0 Å². The van der Waals surface area contributed by atoms with Crippen LogP contribution in [-0.2, 0) is 5.41 Å². The monoisotopic (exact) mass is 847 g/mol. The van der Waals surface area contributed by atoms with Gasteiger partial charge in [0.1, 0.15) is 11.2 Å². The first-order chi connectivity index (χ1) is 32.7. The third-order valence-electron chi connectivity index (χ3n) is 16.3. The van der Waals surface area contributed by atoms with Crippen molar-refractivity contribution in [1.82, 2.24) is 0 Å². The molecule has 4 bridgehead atoms. The van der Waals surface area contributed by atoms with Gasteiger partial charge in [-0.1, -0.05) is 158 Å². The van der Waals surface area contributed by atoms with Crippen LogP contribution in [-0.4, -0.2) is 0 Å². The minimum Gasteiger partial charge on any atom is -0.456 e. The van der Waals surface area contributed by atoms with Crippen molar-refractivity contribution in [3.8, 4) is 55.6 Å². The van der Waals surface area contributed by atoms with E-state index in [0.29, 0.717) is 11.8 Å². The molecule has 5 aliphatic rings. The quantitative estimate of drug-likeness (QED) is 0.159. The Kier molecular flexibility index (Phi) is 8.50. The Morgan fingerprint density at radius 3 is 1.64 bits per heavy atom. The first-order valence-corrected chi connectivity index (χ1v) is 24.1. The molecule has 1 aromatic heterocycles. The average molecular weight is 848 g/mol. The number of anilines is 3. The van der Waals surface area contributed by atoms with Gasteiger partial charge in [-0.05, 0) is 177 Å². The van der Waals surface area contributed by atoms with E-state index < -0.39 is 0 Å². The normalized spacial score (nSPS) is 21.1. The molecule has 1 heterocycles. The molecule has 10 aromatic rings. The Balaban J connectivity index is 0.908. The lowest BCUT2D eigenvalue weighted by atomic mass is 9.42. The number of benzene rings is 9. The highest BCUT2D eigenvalue weighted by molar-refractivity contribution is 6.08. The molecule has 0 amide bonds. The van der Waals surface area contributed by atoms with E-state index in [4.69, 9.17) is 4.42 Å². The summed E-state index contributed by atoms with van der Waals surface area (Å²) in [7, 11) is 0. The van der Waals surface area contributed by atoms with Gasteiger partial charge >= 0.3 is 0 Å². The smallest absolute Gasteiger partial charge is 0.136 e. The van der Waals surface area contributed by atoms with E-state index in [2.05, 4.69) is 217 Å². The maximum absolute atomic E-state index is 6.86. The molecule has 15 rings (SSSR count). The summed E-state index contributed by atoms with van der Waals surface area (Å²) < 4.78 is 6.86. The van der Waals surface area contributed by atoms with Crippen LogP contribution in [0.25, 0.3) is 77.6 Å². The molecule has 4 saturated carbocycles. The van der Waals surface area contributed by atoms with Crippen molar-refractivity contribution in [1.29, 1.82) is 0 Å². The highest BCUT2D eigenvalue weighted by atomic mass is 16.3. The number of fused-ring (bicyclic) bond motifs is 6. The van der Waals surface area contributed by atoms with Gasteiger partial charge in [0.25, 0.3) is 0 Å². The van der Waals surface area contributed by atoms with E-state index in [1.54, 1.807) is 11.1 Å². The van der Waals surface area contributed by atoms with Gasteiger partial charge in [0.05, 0.1) is 0 Å². The lowest BCUT2D eigenvalue weighted by molar-refractivity contribution is -0.0397. The molecule has 66 heavy (non-hydrogen) atoms. The summed E-state index contributed by atoms with van der Waals surface area (Å²) in [6, 6.07) is 78.4. The van der Waals surface area contributed by atoms with Crippen molar-refractivity contribution < 1.29 is 4.42 Å². The molecule has 2 nitrogen and oxygen atoms in total. The number of nitrogens with zero attached hydrogens (tertiary/aromatic N) is 1. The molecule has 0 unspecified atom stereocenters. The second-order valence-corrected chi connectivity index (χ2v) is 19.7. The second-order valence-electron chi connectivity index (χ2n) is 19.7. The van der Waals surface area contributed by atoms with Crippen LogP contribution in [0.15, 0.2) is 217 Å². The third-order valence-corrected chi connectivity index (χ3v) is 16.3. The molecule has 0 atom stereocenters. The summed E-state index contributed by atoms with van der Waals surface area (Å²) in [6.45, 7) is 0. The van der Waals surface area contributed by atoms with Gasteiger partial charge in [-0.15, -0.1) is 0 Å². The van der Waals surface area contributed by atoms with Crippen LogP contribution in [0.1, 0.15) is 43.2 Å². The molecule has 316 valence electrons. The van der Waals surface area contributed by atoms with Crippen LogP contribution in [0.3, 0.4) is 0 Å².